The summed E-state index contributed by atoms with van der Waals surface area (Å²) < 4.78 is 11.1. The van der Waals surface area contributed by atoms with E-state index in [0.29, 0.717) is 17.7 Å². The Kier molecular flexibility index (Phi) is 9.01. The molecule has 0 aliphatic heterocycles. The van der Waals surface area contributed by atoms with E-state index in [1.165, 1.54) is 18.2 Å². The topological polar surface area (TPSA) is 109 Å². The minimum Gasteiger partial charge on any atom is -0.497 e. The number of nitriles is 1. The van der Waals surface area contributed by atoms with Gasteiger partial charge in [-0.15, -0.1) is 6.58 Å². The van der Waals surface area contributed by atoms with Crippen LogP contribution in [0, 0.1) is 11.3 Å². The van der Waals surface area contributed by atoms with Crippen molar-refractivity contribution in [1.82, 2.24) is 5.32 Å². The molecule has 2 N–H and O–H groups in total. The predicted molar refractivity (Wildman–Crippen MR) is 137 cm³/mol. The van der Waals surface area contributed by atoms with Gasteiger partial charge in [0.05, 0.1) is 12.7 Å². The molecule has 182 valence electrons. The Balaban J connectivity index is 1.69. The molecule has 0 saturated carbocycles. The second-order valence-corrected chi connectivity index (χ2v) is 7.85. The van der Waals surface area contributed by atoms with E-state index in [1.807, 2.05) is 24.3 Å². The lowest BCUT2D eigenvalue weighted by Gasteiger charge is -2.12. The van der Waals surface area contributed by atoms with Crippen molar-refractivity contribution in [2.24, 2.45) is 0 Å². The standard InChI is InChI=1S/C29H26N2O5/c1-3-4-24-15-22(9-14-27(24)36-19-21-5-10-23(11-6-21)29(33)34)16-25(17-30)28(32)31-18-20-7-12-26(35-2)13-8-20/h3,5-16H,1,4,18-19H2,2H3,(H,31,32)(H,33,34)/b25-16-. The quantitative estimate of drug-likeness (QED) is 0.228. The summed E-state index contributed by atoms with van der Waals surface area (Å²) in [5.74, 6) is -0.0902. The van der Waals surface area contributed by atoms with Crippen molar-refractivity contribution in [3.05, 3.63) is 113 Å². The van der Waals surface area contributed by atoms with Gasteiger partial charge in [-0.05, 0) is 71.1 Å². The molecule has 7 heteroatoms. The molecule has 0 aromatic heterocycles. The normalized spacial score (nSPS) is 10.7. The van der Waals surface area contributed by atoms with E-state index in [9.17, 15) is 14.9 Å². The first-order valence-corrected chi connectivity index (χ1v) is 11.1. The monoisotopic (exact) mass is 482 g/mol. The summed E-state index contributed by atoms with van der Waals surface area (Å²) in [5, 5.41) is 21.3. The van der Waals surface area contributed by atoms with Crippen LogP contribution in [0.25, 0.3) is 6.08 Å². The lowest BCUT2D eigenvalue weighted by atomic mass is 10.0. The molecule has 0 aliphatic rings. The molecular formula is C29H26N2O5. The average molecular weight is 483 g/mol. The average Bonchev–Trinajstić information content (AvgIpc) is 2.90. The number of rotatable bonds is 11. The number of carbonyl (C=O) groups excluding carboxylic acids is 1. The molecule has 0 unspecified atom stereocenters. The molecule has 0 heterocycles. The van der Waals surface area contributed by atoms with Crippen molar-refractivity contribution < 1.29 is 24.2 Å². The summed E-state index contributed by atoms with van der Waals surface area (Å²) in [7, 11) is 1.58. The highest BCUT2D eigenvalue weighted by molar-refractivity contribution is 6.01. The van der Waals surface area contributed by atoms with Crippen molar-refractivity contribution in [1.29, 1.82) is 5.26 Å². The van der Waals surface area contributed by atoms with Crippen LogP contribution in [-0.2, 0) is 24.4 Å². The van der Waals surface area contributed by atoms with Gasteiger partial charge in [0.25, 0.3) is 5.91 Å². The summed E-state index contributed by atoms with van der Waals surface area (Å²) >= 11 is 0. The summed E-state index contributed by atoms with van der Waals surface area (Å²) in [4.78, 5) is 23.6. The van der Waals surface area contributed by atoms with Gasteiger partial charge < -0.3 is 19.9 Å². The van der Waals surface area contributed by atoms with E-state index in [0.717, 1.165) is 22.4 Å². The molecule has 36 heavy (non-hydrogen) atoms. The Hall–Kier alpha value is -4.83. The van der Waals surface area contributed by atoms with Crippen LogP contribution in [-0.4, -0.2) is 24.1 Å². The van der Waals surface area contributed by atoms with Crippen LogP contribution in [0.3, 0.4) is 0 Å². The zero-order valence-electron chi connectivity index (χ0n) is 19.9. The molecule has 0 fully saturated rings. The predicted octanol–water partition coefficient (Wildman–Crippen LogP) is 4.92. The van der Waals surface area contributed by atoms with Gasteiger partial charge in [0.2, 0.25) is 0 Å². The first-order chi connectivity index (χ1) is 17.4. The first-order valence-electron chi connectivity index (χ1n) is 11.1. The maximum atomic E-state index is 12.6. The zero-order valence-corrected chi connectivity index (χ0v) is 19.9. The van der Waals surface area contributed by atoms with Crippen molar-refractivity contribution >= 4 is 18.0 Å². The Morgan fingerprint density at radius 1 is 1.06 bits per heavy atom. The Bertz CT molecular complexity index is 1300. The fourth-order valence-electron chi connectivity index (χ4n) is 3.39. The molecule has 0 spiro atoms. The number of methoxy groups -OCH3 is 1. The van der Waals surface area contributed by atoms with Gasteiger partial charge in [0.1, 0.15) is 29.7 Å². The molecule has 0 atom stereocenters. The molecule has 0 saturated heterocycles. The zero-order chi connectivity index (χ0) is 25.9. The fourth-order valence-corrected chi connectivity index (χ4v) is 3.39. The molecule has 7 nitrogen and oxygen atoms in total. The minimum atomic E-state index is -0.981. The maximum Gasteiger partial charge on any atom is 0.335 e. The van der Waals surface area contributed by atoms with Gasteiger partial charge in [-0.2, -0.15) is 5.26 Å². The van der Waals surface area contributed by atoms with Crippen molar-refractivity contribution in [3.63, 3.8) is 0 Å². The Morgan fingerprint density at radius 2 is 1.75 bits per heavy atom. The van der Waals surface area contributed by atoms with E-state index in [4.69, 9.17) is 14.6 Å². The van der Waals surface area contributed by atoms with E-state index >= 15 is 0 Å². The summed E-state index contributed by atoms with van der Waals surface area (Å²) in [6.07, 6.45) is 3.80. The second kappa shape index (κ2) is 12.6. The van der Waals surface area contributed by atoms with Crippen LogP contribution in [0.5, 0.6) is 11.5 Å². The molecule has 0 bridgehead atoms. The second-order valence-electron chi connectivity index (χ2n) is 7.85. The van der Waals surface area contributed by atoms with Gasteiger partial charge in [-0.25, -0.2) is 4.79 Å². The fraction of sp³-hybridized carbons (Fsp3) is 0.138. The molecule has 0 radical (unpaired) electrons. The van der Waals surface area contributed by atoms with Gasteiger partial charge in [0, 0.05) is 6.54 Å². The van der Waals surface area contributed by atoms with Gasteiger partial charge in [-0.1, -0.05) is 36.4 Å². The van der Waals surface area contributed by atoms with Crippen LogP contribution < -0.4 is 14.8 Å². The highest BCUT2D eigenvalue weighted by Crippen LogP contribution is 2.24. The number of hydrogen-bond acceptors (Lipinski definition) is 5. The SMILES string of the molecule is C=CCc1cc(/C=C(/C#N)C(=O)NCc2ccc(OC)cc2)ccc1OCc1ccc(C(=O)O)cc1. The van der Waals surface area contributed by atoms with Crippen LogP contribution in [0.15, 0.2) is 85.0 Å². The lowest BCUT2D eigenvalue weighted by molar-refractivity contribution is -0.117. The van der Waals surface area contributed by atoms with Crippen LogP contribution in [0.1, 0.15) is 32.6 Å². The third-order valence-corrected chi connectivity index (χ3v) is 5.33. The molecular weight excluding hydrogens is 456 g/mol. The summed E-state index contributed by atoms with van der Waals surface area (Å²) in [6, 6.07) is 21.1. The van der Waals surface area contributed by atoms with Crippen LogP contribution >= 0.6 is 0 Å². The number of ether oxygens (including phenoxy) is 2. The largest absolute Gasteiger partial charge is 0.497 e. The van der Waals surface area contributed by atoms with Crippen molar-refractivity contribution in [3.8, 4) is 17.6 Å². The number of nitrogens with one attached hydrogen (secondary N) is 1. The van der Waals surface area contributed by atoms with E-state index in [1.54, 1.807) is 49.6 Å². The number of carboxylic acid groups (broad SMARTS) is 1. The van der Waals surface area contributed by atoms with Gasteiger partial charge in [0.15, 0.2) is 0 Å². The molecule has 3 rings (SSSR count). The number of allylic oxidation sites excluding steroid dienone is 1. The number of aromatic carboxylic acids is 1. The van der Waals surface area contributed by atoms with E-state index in [-0.39, 0.29) is 24.3 Å². The van der Waals surface area contributed by atoms with Gasteiger partial charge in [-0.3, -0.25) is 4.79 Å². The first kappa shape index (κ1) is 25.8. The highest BCUT2D eigenvalue weighted by atomic mass is 16.5. The maximum absolute atomic E-state index is 12.6. The van der Waals surface area contributed by atoms with Crippen LogP contribution in [0.2, 0.25) is 0 Å². The smallest absolute Gasteiger partial charge is 0.335 e. The molecule has 3 aromatic carbocycles. The number of carbonyl (C=O) groups is 2. The van der Waals surface area contributed by atoms with Gasteiger partial charge >= 0.3 is 5.97 Å². The highest BCUT2D eigenvalue weighted by Gasteiger charge is 2.11. The molecule has 0 aliphatic carbocycles. The lowest BCUT2D eigenvalue weighted by Crippen LogP contribution is -2.23. The number of carboxylic acids is 1. The molecule has 1 amide bonds. The third kappa shape index (κ3) is 7.08. The Labute approximate surface area is 209 Å². The number of hydrogen-bond donors (Lipinski definition) is 2. The van der Waals surface area contributed by atoms with E-state index in [2.05, 4.69) is 11.9 Å². The van der Waals surface area contributed by atoms with E-state index < -0.39 is 11.9 Å². The van der Waals surface area contributed by atoms with Crippen molar-refractivity contribution in [2.45, 2.75) is 19.6 Å². The minimum absolute atomic E-state index is 0.0137. The van der Waals surface area contributed by atoms with Crippen molar-refractivity contribution in [2.75, 3.05) is 7.11 Å². The third-order valence-electron chi connectivity index (χ3n) is 5.33. The number of amides is 1. The number of benzene rings is 3. The Morgan fingerprint density at radius 3 is 2.36 bits per heavy atom. The summed E-state index contributed by atoms with van der Waals surface area (Å²) in [6.45, 7) is 4.33. The molecule has 3 aromatic rings. The summed E-state index contributed by atoms with van der Waals surface area (Å²) in [5.41, 5.74) is 3.43. The van der Waals surface area contributed by atoms with Crippen LogP contribution in [0.4, 0.5) is 0 Å². The number of nitrogens with zero attached hydrogens (tertiary/aromatic N) is 1.